The number of benzene rings is 1. The van der Waals surface area contributed by atoms with Gasteiger partial charge in [0.2, 0.25) is 0 Å². The molecular formula is C13H16N2O2. The van der Waals surface area contributed by atoms with Gasteiger partial charge in [0.15, 0.2) is 0 Å². The summed E-state index contributed by atoms with van der Waals surface area (Å²) in [6.07, 6.45) is 3.51. The van der Waals surface area contributed by atoms with E-state index in [1.807, 2.05) is 37.3 Å². The van der Waals surface area contributed by atoms with Crippen LogP contribution in [0.2, 0.25) is 0 Å². The highest BCUT2D eigenvalue weighted by Gasteiger charge is 2.32. The third kappa shape index (κ3) is 2.23. The predicted molar refractivity (Wildman–Crippen MR) is 64.1 cm³/mol. The first-order valence-electron chi connectivity index (χ1n) is 5.55. The van der Waals surface area contributed by atoms with Crippen molar-refractivity contribution in [3.8, 4) is 0 Å². The molecule has 2 rings (SSSR count). The number of amides is 1. The molecule has 1 aliphatic rings. The number of rotatable bonds is 2. The molecule has 0 bridgehead atoms. The van der Waals surface area contributed by atoms with Crippen LogP contribution >= 0.6 is 0 Å². The van der Waals surface area contributed by atoms with Gasteiger partial charge in [-0.2, -0.15) is 5.06 Å². The molecule has 1 aromatic rings. The molecule has 1 heterocycles. The van der Waals surface area contributed by atoms with Gasteiger partial charge in [-0.25, -0.2) is 0 Å². The molecule has 90 valence electrons. The van der Waals surface area contributed by atoms with Crippen LogP contribution in [0.1, 0.15) is 24.5 Å². The van der Waals surface area contributed by atoms with Crippen molar-refractivity contribution in [2.75, 3.05) is 0 Å². The maximum atomic E-state index is 11.5. The summed E-state index contributed by atoms with van der Waals surface area (Å²) in [4.78, 5) is 11.5. The van der Waals surface area contributed by atoms with Gasteiger partial charge in [-0.05, 0) is 11.1 Å². The summed E-state index contributed by atoms with van der Waals surface area (Å²) >= 11 is 0. The van der Waals surface area contributed by atoms with E-state index < -0.39 is 0 Å². The van der Waals surface area contributed by atoms with Crippen LogP contribution in [-0.4, -0.2) is 16.2 Å². The molecule has 0 saturated carbocycles. The Morgan fingerprint density at radius 3 is 2.59 bits per heavy atom. The number of hydrogen-bond donors (Lipinski definition) is 2. The molecule has 3 N–H and O–H groups in total. The summed E-state index contributed by atoms with van der Waals surface area (Å²) in [7, 11) is 0. The van der Waals surface area contributed by atoms with Crippen LogP contribution in [-0.2, 0) is 16.8 Å². The summed E-state index contributed by atoms with van der Waals surface area (Å²) in [6.45, 7) is 2.49. The fourth-order valence-corrected chi connectivity index (χ4v) is 1.99. The number of nitrogens with two attached hydrogens (primary N) is 1. The lowest BCUT2D eigenvalue weighted by Crippen LogP contribution is -2.35. The maximum Gasteiger partial charge on any atom is 0.251 e. The number of carbonyl (C=O) groups is 1. The van der Waals surface area contributed by atoms with Gasteiger partial charge in [-0.15, -0.1) is 0 Å². The maximum absolute atomic E-state index is 11.5. The standard InChI is InChI=1S/C13H16N2O2/c1-13(6-7-15(17)12(16)8-13)11-4-2-10(9-14)3-5-11/h2-7,17H,8-9,14H2,1H3. The van der Waals surface area contributed by atoms with E-state index in [0.29, 0.717) is 11.6 Å². The van der Waals surface area contributed by atoms with Gasteiger partial charge in [0.1, 0.15) is 0 Å². The van der Waals surface area contributed by atoms with Gasteiger partial charge >= 0.3 is 0 Å². The van der Waals surface area contributed by atoms with E-state index in [1.165, 1.54) is 6.20 Å². The van der Waals surface area contributed by atoms with E-state index in [-0.39, 0.29) is 17.7 Å². The fraction of sp³-hybridized carbons (Fsp3) is 0.308. The van der Waals surface area contributed by atoms with Gasteiger partial charge in [0.05, 0.1) is 0 Å². The average molecular weight is 232 g/mol. The van der Waals surface area contributed by atoms with Gasteiger partial charge in [0.25, 0.3) is 5.91 Å². The summed E-state index contributed by atoms with van der Waals surface area (Å²) < 4.78 is 0. The number of hydroxylamine groups is 2. The van der Waals surface area contributed by atoms with Crippen LogP contribution < -0.4 is 5.73 Å². The highest BCUT2D eigenvalue weighted by atomic mass is 16.5. The topological polar surface area (TPSA) is 66.6 Å². The summed E-state index contributed by atoms with van der Waals surface area (Å²) in [5.74, 6) is -0.294. The van der Waals surface area contributed by atoms with Gasteiger partial charge in [0, 0.05) is 24.6 Å². The Bertz CT molecular complexity index is 453. The molecule has 17 heavy (non-hydrogen) atoms. The molecule has 0 aromatic heterocycles. The van der Waals surface area contributed by atoms with Crippen LogP contribution in [0.4, 0.5) is 0 Å². The van der Waals surface area contributed by atoms with Gasteiger partial charge in [-0.3, -0.25) is 10.0 Å². The highest BCUT2D eigenvalue weighted by molar-refractivity contribution is 5.79. The second-order valence-corrected chi connectivity index (χ2v) is 4.55. The smallest absolute Gasteiger partial charge is 0.251 e. The minimum atomic E-state index is -0.358. The number of nitrogens with zero attached hydrogens (tertiary/aromatic N) is 1. The Kier molecular flexibility index (Phi) is 3.00. The largest absolute Gasteiger partial charge is 0.326 e. The Hall–Kier alpha value is -1.65. The summed E-state index contributed by atoms with van der Waals surface area (Å²) in [5.41, 5.74) is 7.30. The zero-order valence-electron chi connectivity index (χ0n) is 9.76. The Morgan fingerprint density at radius 1 is 1.41 bits per heavy atom. The van der Waals surface area contributed by atoms with Crippen molar-refractivity contribution in [2.45, 2.75) is 25.3 Å². The Morgan fingerprint density at radius 2 is 2.06 bits per heavy atom. The highest BCUT2D eigenvalue weighted by Crippen LogP contribution is 2.32. The number of carbonyl (C=O) groups excluding carboxylic acids is 1. The van der Waals surface area contributed by atoms with E-state index in [1.54, 1.807) is 0 Å². The lowest BCUT2D eigenvalue weighted by molar-refractivity contribution is -0.156. The van der Waals surface area contributed by atoms with E-state index >= 15 is 0 Å². The molecule has 1 atom stereocenters. The zero-order chi connectivity index (χ0) is 12.5. The molecule has 0 saturated heterocycles. The van der Waals surface area contributed by atoms with Crippen LogP contribution in [0.25, 0.3) is 0 Å². The third-order valence-corrected chi connectivity index (χ3v) is 3.21. The minimum absolute atomic E-state index is 0.266. The van der Waals surface area contributed by atoms with Gasteiger partial charge in [-0.1, -0.05) is 37.3 Å². The van der Waals surface area contributed by atoms with Crippen molar-refractivity contribution in [1.29, 1.82) is 0 Å². The van der Waals surface area contributed by atoms with Crippen molar-refractivity contribution in [2.24, 2.45) is 5.73 Å². The van der Waals surface area contributed by atoms with Crippen molar-refractivity contribution in [3.05, 3.63) is 47.7 Å². The molecule has 0 aliphatic carbocycles. The van der Waals surface area contributed by atoms with Crippen molar-refractivity contribution in [3.63, 3.8) is 0 Å². The SMILES string of the molecule is CC1(c2ccc(CN)cc2)C=CN(O)C(=O)C1. The first-order chi connectivity index (χ1) is 8.05. The third-order valence-electron chi connectivity index (χ3n) is 3.21. The molecule has 0 spiro atoms. The first-order valence-corrected chi connectivity index (χ1v) is 5.55. The second kappa shape index (κ2) is 4.31. The van der Waals surface area contributed by atoms with Crippen molar-refractivity contribution in [1.82, 2.24) is 5.06 Å². The lowest BCUT2D eigenvalue weighted by Gasteiger charge is -2.31. The molecular weight excluding hydrogens is 216 g/mol. The predicted octanol–water partition coefficient (Wildman–Crippen LogP) is 1.54. The first kappa shape index (κ1) is 11.8. The van der Waals surface area contributed by atoms with E-state index in [2.05, 4.69) is 0 Å². The van der Waals surface area contributed by atoms with E-state index in [9.17, 15) is 10.0 Å². The number of allylic oxidation sites excluding steroid dienone is 1. The minimum Gasteiger partial charge on any atom is -0.326 e. The quantitative estimate of drug-likeness (QED) is 0.760. The van der Waals surface area contributed by atoms with Crippen LogP contribution in [0, 0.1) is 0 Å². The van der Waals surface area contributed by atoms with E-state index in [0.717, 1.165) is 11.1 Å². The average Bonchev–Trinajstić information content (AvgIpc) is 2.34. The molecule has 4 heteroatoms. The zero-order valence-corrected chi connectivity index (χ0v) is 9.76. The monoisotopic (exact) mass is 232 g/mol. The second-order valence-electron chi connectivity index (χ2n) is 4.55. The van der Waals surface area contributed by atoms with Gasteiger partial charge < -0.3 is 5.73 Å². The molecule has 0 fully saturated rings. The molecule has 1 unspecified atom stereocenters. The molecule has 1 aliphatic heterocycles. The van der Waals surface area contributed by atoms with Crippen LogP contribution in [0.15, 0.2) is 36.5 Å². The fourth-order valence-electron chi connectivity index (χ4n) is 1.99. The van der Waals surface area contributed by atoms with Crippen LogP contribution in [0.5, 0.6) is 0 Å². The number of hydrogen-bond acceptors (Lipinski definition) is 3. The summed E-state index contributed by atoms with van der Waals surface area (Å²) in [6, 6.07) is 7.88. The Labute approximate surface area is 100 Å². The summed E-state index contributed by atoms with van der Waals surface area (Å²) in [5, 5.41) is 9.85. The van der Waals surface area contributed by atoms with Crippen molar-refractivity contribution < 1.29 is 10.0 Å². The van der Waals surface area contributed by atoms with Crippen LogP contribution in [0.3, 0.4) is 0 Å². The van der Waals surface area contributed by atoms with Crippen molar-refractivity contribution >= 4 is 5.91 Å². The van der Waals surface area contributed by atoms with E-state index in [4.69, 9.17) is 5.73 Å². The molecule has 0 radical (unpaired) electrons. The normalized spacial score (nSPS) is 24.2. The Balaban J connectivity index is 2.32. The molecule has 1 amide bonds. The molecule has 1 aromatic carbocycles. The lowest BCUT2D eigenvalue weighted by atomic mass is 9.78. The molecule has 4 nitrogen and oxygen atoms in total.